The van der Waals surface area contributed by atoms with Gasteiger partial charge in [0.1, 0.15) is 12.2 Å². The van der Waals surface area contributed by atoms with Crippen molar-refractivity contribution in [1.82, 2.24) is 9.88 Å². The number of hydrogen-bond donors (Lipinski definition) is 0. The van der Waals surface area contributed by atoms with Gasteiger partial charge in [0, 0.05) is 12.7 Å². The van der Waals surface area contributed by atoms with Crippen LogP contribution in [0.3, 0.4) is 0 Å². The van der Waals surface area contributed by atoms with Gasteiger partial charge < -0.3 is 9.64 Å². The summed E-state index contributed by atoms with van der Waals surface area (Å²) in [6.07, 6.45) is 2.33. The molecule has 98 valence electrons. The molecule has 1 rings (SSSR count). The van der Waals surface area contributed by atoms with Crippen LogP contribution in [-0.4, -0.2) is 41.5 Å². The summed E-state index contributed by atoms with van der Waals surface area (Å²) in [5, 5.41) is 0. The van der Waals surface area contributed by atoms with Crippen molar-refractivity contribution in [1.29, 1.82) is 0 Å². The minimum Gasteiger partial charge on any atom is -0.465 e. The Morgan fingerprint density at radius 1 is 1.33 bits per heavy atom. The minimum absolute atomic E-state index is 0.0307. The average molecular weight is 250 g/mol. The summed E-state index contributed by atoms with van der Waals surface area (Å²) in [6, 6.07) is 5.12. The van der Waals surface area contributed by atoms with Gasteiger partial charge >= 0.3 is 5.97 Å². The summed E-state index contributed by atoms with van der Waals surface area (Å²) < 4.78 is 4.85. The third-order valence-electron chi connectivity index (χ3n) is 2.29. The number of hydrogen-bond acceptors (Lipinski definition) is 4. The van der Waals surface area contributed by atoms with Crippen LogP contribution < -0.4 is 0 Å². The van der Waals surface area contributed by atoms with Gasteiger partial charge in [-0.3, -0.25) is 14.6 Å². The van der Waals surface area contributed by atoms with Crippen LogP contribution in [0.15, 0.2) is 24.4 Å². The largest absolute Gasteiger partial charge is 0.465 e. The summed E-state index contributed by atoms with van der Waals surface area (Å²) in [5.74, 6) is -0.638. The summed E-state index contributed by atoms with van der Waals surface area (Å²) >= 11 is 0. The highest BCUT2D eigenvalue weighted by molar-refractivity contribution is 5.94. The first-order valence-electron chi connectivity index (χ1n) is 6.05. The third kappa shape index (κ3) is 4.16. The van der Waals surface area contributed by atoms with Crippen molar-refractivity contribution in [3.63, 3.8) is 0 Å². The third-order valence-corrected chi connectivity index (χ3v) is 2.29. The molecule has 1 heterocycles. The van der Waals surface area contributed by atoms with E-state index in [1.165, 1.54) is 4.90 Å². The van der Waals surface area contributed by atoms with Crippen molar-refractivity contribution in [3.05, 3.63) is 30.1 Å². The highest BCUT2D eigenvalue weighted by Gasteiger charge is 2.19. The van der Waals surface area contributed by atoms with Crippen molar-refractivity contribution < 1.29 is 14.3 Å². The first kappa shape index (κ1) is 14.2. The van der Waals surface area contributed by atoms with E-state index in [1.807, 2.05) is 6.92 Å². The Bertz CT molecular complexity index is 392. The Morgan fingerprint density at radius 3 is 2.67 bits per heavy atom. The van der Waals surface area contributed by atoms with Gasteiger partial charge in [-0.15, -0.1) is 0 Å². The fraction of sp³-hybridized carbons (Fsp3) is 0.462. The number of rotatable bonds is 6. The molecule has 0 N–H and O–H groups in total. The summed E-state index contributed by atoms with van der Waals surface area (Å²) in [7, 11) is 0. The second-order valence-electron chi connectivity index (χ2n) is 3.75. The lowest BCUT2D eigenvalue weighted by molar-refractivity contribution is -0.143. The Balaban J connectivity index is 2.72. The topological polar surface area (TPSA) is 59.5 Å². The lowest BCUT2D eigenvalue weighted by atomic mass is 10.3. The summed E-state index contributed by atoms with van der Waals surface area (Å²) in [6.45, 7) is 4.48. The first-order valence-corrected chi connectivity index (χ1v) is 6.05. The Hall–Kier alpha value is -1.91. The molecule has 0 radical (unpaired) electrons. The maximum atomic E-state index is 12.1. The van der Waals surface area contributed by atoms with E-state index < -0.39 is 5.97 Å². The molecule has 0 aliphatic rings. The van der Waals surface area contributed by atoms with Crippen molar-refractivity contribution >= 4 is 11.9 Å². The minimum atomic E-state index is -0.393. The van der Waals surface area contributed by atoms with E-state index in [9.17, 15) is 9.59 Å². The van der Waals surface area contributed by atoms with E-state index in [4.69, 9.17) is 4.74 Å². The lowest BCUT2D eigenvalue weighted by Crippen LogP contribution is -2.37. The molecular weight excluding hydrogens is 232 g/mol. The van der Waals surface area contributed by atoms with Crippen molar-refractivity contribution in [2.45, 2.75) is 20.3 Å². The smallest absolute Gasteiger partial charge is 0.325 e. The highest BCUT2D eigenvalue weighted by atomic mass is 16.5. The summed E-state index contributed by atoms with van der Waals surface area (Å²) in [5.41, 5.74) is 0.343. The molecule has 5 nitrogen and oxygen atoms in total. The fourth-order valence-electron chi connectivity index (χ4n) is 1.54. The number of ether oxygens (including phenoxy) is 1. The van der Waals surface area contributed by atoms with Gasteiger partial charge in [-0.2, -0.15) is 0 Å². The van der Waals surface area contributed by atoms with E-state index in [-0.39, 0.29) is 12.5 Å². The van der Waals surface area contributed by atoms with E-state index in [0.717, 1.165) is 6.42 Å². The van der Waals surface area contributed by atoms with Gasteiger partial charge in [0.05, 0.1) is 6.61 Å². The molecule has 0 spiro atoms. The number of carbonyl (C=O) groups is 2. The van der Waals surface area contributed by atoms with Crippen molar-refractivity contribution in [2.75, 3.05) is 19.7 Å². The zero-order valence-corrected chi connectivity index (χ0v) is 10.8. The maximum Gasteiger partial charge on any atom is 0.325 e. The highest BCUT2D eigenvalue weighted by Crippen LogP contribution is 2.03. The quantitative estimate of drug-likeness (QED) is 0.718. The predicted molar refractivity (Wildman–Crippen MR) is 67.1 cm³/mol. The summed E-state index contributed by atoms with van der Waals surface area (Å²) in [4.78, 5) is 29.0. The van der Waals surface area contributed by atoms with Gasteiger partial charge in [0.15, 0.2) is 0 Å². The van der Waals surface area contributed by atoms with E-state index in [2.05, 4.69) is 4.98 Å². The van der Waals surface area contributed by atoms with Crippen LogP contribution in [0.5, 0.6) is 0 Å². The number of aromatic nitrogens is 1. The van der Waals surface area contributed by atoms with Crippen molar-refractivity contribution in [3.8, 4) is 0 Å². The molecule has 0 aromatic carbocycles. The van der Waals surface area contributed by atoms with Crippen LogP contribution in [-0.2, 0) is 9.53 Å². The van der Waals surface area contributed by atoms with Crippen LogP contribution in [0.25, 0.3) is 0 Å². The number of nitrogens with zero attached hydrogens (tertiary/aromatic N) is 2. The molecule has 0 saturated heterocycles. The number of pyridine rings is 1. The first-order chi connectivity index (χ1) is 8.69. The zero-order chi connectivity index (χ0) is 13.4. The normalized spacial score (nSPS) is 9.89. The Kier molecular flexibility index (Phi) is 5.84. The Labute approximate surface area is 107 Å². The number of carbonyl (C=O) groups excluding carboxylic acids is 2. The van der Waals surface area contributed by atoms with Gasteiger partial charge in [0.25, 0.3) is 5.91 Å². The molecule has 0 atom stereocenters. The molecule has 5 heteroatoms. The number of amides is 1. The van der Waals surface area contributed by atoms with E-state index in [0.29, 0.717) is 18.8 Å². The average Bonchev–Trinajstić information content (AvgIpc) is 2.39. The maximum absolute atomic E-state index is 12.1. The molecule has 0 fully saturated rings. The number of esters is 1. The fourth-order valence-corrected chi connectivity index (χ4v) is 1.54. The van der Waals surface area contributed by atoms with Crippen LogP contribution in [0.2, 0.25) is 0 Å². The molecule has 0 aliphatic carbocycles. The van der Waals surface area contributed by atoms with Gasteiger partial charge in [0.2, 0.25) is 0 Å². The van der Waals surface area contributed by atoms with Crippen LogP contribution in [0.1, 0.15) is 30.8 Å². The van der Waals surface area contributed by atoms with Crippen molar-refractivity contribution in [2.24, 2.45) is 0 Å². The van der Waals surface area contributed by atoms with Gasteiger partial charge in [-0.25, -0.2) is 0 Å². The SMILES string of the molecule is CCCN(CC(=O)OCC)C(=O)c1ccccn1. The molecule has 0 aliphatic heterocycles. The molecule has 1 amide bonds. The second kappa shape index (κ2) is 7.42. The molecule has 0 unspecified atom stereocenters. The molecule has 1 aromatic heterocycles. The molecule has 18 heavy (non-hydrogen) atoms. The van der Waals surface area contributed by atoms with E-state index in [1.54, 1.807) is 31.3 Å². The monoisotopic (exact) mass is 250 g/mol. The van der Waals surface area contributed by atoms with Crippen LogP contribution in [0.4, 0.5) is 0 Å². The lowest BCUT2D eigenvalue weighted by Gasteiger charge is -2.20. The molecule has 0 bridgehead atoms. The molecular formula is C13H18N2O3. The molecule has 0 saturated carbocycles. The van der Waals surface area contributed by atoms with Gasteiger partial charge in [-0.05, 0) is 25.5 Å². The predicted octanol–water partition coefficient (Wildman–Crippen LogP) is 1.50. The standard InChI is InChI=1S/C13H18N2O3/c1-3-9-15(10-12(16)18-4-2)13(17)11-7-5-6-8-14-11/h5-8H,3-4,9-10H2,1-2H3. The Morgan fingerprint density at radius 2 is 2.11 bits per heavy atom. The van der Waals surface area contributed by atoms with E-state index >= 15 is 0 Å². The van der Waals surface area contributed by atoms with Crippen LogP contribution >= 0.6 is 0 Å². The van der Waals surface area contributed by atoms with Crippen LogP contribution in [0, 0.1) is 0 Å². The zero-order valence-electron chi connectivity index (χ0n) is 10.8. The molecule has 1 aromatic rings. The van der Waals surface area contributed by atoms with Gasteiger partial charge in [-0.1, -0.05) is 13.0 Å². The second-order valence-corrected chi connectivity index (χ2v) is 3.75.